The third-order valence-electron chi connectivity index (χ3n) is 2.43. The molecule has 0 spiro atoms. The van der Waals surface area contributed by atoms with Crippen LogP contribution in [0.4, 0.5) is 0 Å². The number of aliphatic hydroxyl groups excluding tert-OH is 1. The molecule has 0 aromatic heterocycles. The van der Waals surface area contributed by atoms with E-state index in [1.54, 1.807) is 13.8 Å². The predicted molar refractivity (Wildman–Crippen MR) is 48.8 cm³/mol. The van der Waals surface area contributed by atoms with Crippen LogP contribution in [0.15, 0.2) is 11.6 Å². The quantitative estimate of drug-likeness (QED) is 0.585. The topological polar surface area (TPSA) is 40.5 Å². The largest absolute Gasteiger partial charge is 0.389 e. The van der Waals surface area contributed by atoms with Crippen molar-refractivity contribution in [2.24, 2.45) is 5.92 Å². The van der Waals surface area contributed by atoms with Crippen LogP contribution in [-0.2, 0) is 0 Å². The van der Waals surface area contributed by atoms with Gasteiger partial charge < -0.3 is 10.2 Å². The van der Waals surface area contributed by atoms with Crippen LogP contribution in [0.25, 0.3) is 0 Å². The molecule has 0 aliphatic heterocycles. The summed E-state index contributed by atoms with van der Waals surface area (Å²) >= 11 is 0. The van der Waals surface area contributed by atoms with Crippen LogP contribution in [0, 0.1) is 5.92 Å². The molecule has 0 aromatic carbocycles. The van der Waals surface area contributed by atoms with Gasteiger partial charge in [0, 0.05) is 0 Å². The number of hydrogen-bond donors (Lipinski definition) is 2. The van der Waals surface area contributed by atoms with Gasteiger partial charge in [0.15, 0.2) is 0 Å². The second-order valence-electron chi connectivity index (χ2n) is 4.31. The predicted octanol–water partition coefficient (Wildman–Crippen LogP) is 1.47. The molecule has 2 heteroatoms. The van der Waals surface area contributed by atoms with Gasteiger partial charge in [-0.05, 0) is 38.2 Å². The molecule has 0 fully saturated rings. The molecule has 2 nitrogen and oxygen atoms in total. The molecule has 2 N–H and O–H groups in total. The average molecular weight is 170 g/mol. The Morgan fingerprint density at radius 1 is 1.50 bits per heavy atom. The lowest BCUT2D eigenvalue weighted by Gasteiger charge is -2.31. The lowest BCUT2D eigenvalue weighted by atomic mass is 9.82. The Labute approximate surface area is 73.9 Å². The smallest absolute Gasteiger partial charge is 0.0825 e. The van der Waals surface area contributed by atoms with Gasteiger partial charge in [-0.1, -0.05) is 13.0 Å². The first-order valence-electron chi connectivity index (χ1n) is 4.52. The average Bonchev–Trinajstić information content (AvgIpc) is 1.83. The molecular weight excluding hydrogens is 152 g/mol. The van der Waals surface area contributed by atoms with E-state index in [0.29, 0.717) is 5.92 Å². The molecule has 2 unspecified atom stereocenters. The number of aliphatic hydroxyl groups is 2. The van der Waals surface area contributed by atoms with Crippen LogP contribution < -0.4 is 0 Å². The maximum Gasteiger partial charge on any atom is 0.0825 e. The Kier molecular flexibility index (Phi) is 2.59. The Bertz CT molecular complexity index is 189. The summed E-state index contributed by atoms with van der Waals surface area (Å²) in [5.41, 5.74) is -0.0832. The van der Waals surface area contributed by atoms with Crippen LogP contribution >= 0.6 is 0 Å². The summed E-state index contributed by atoms with van der Waals surface area (Å²) in [6.07, 6.45) is 3.26. The third kappa shape index (κ3) is 2.08. The molecule has 0 heterocycles. The summed E-state index contributed by atoms with van der Waals surface area (Å²) in [5.74, 6) is 0.533. The van der Waals surface area contributed by atoms with Gasteiger partial charge in [0.2, 0.25) is 0 Å². The molecular formula is C10H18O2. The minimum Gasteiger partial charge on any atom is -0.389 e. The summed E-state index contributed by atoms with van der Waals surface area (Å²) in [7, 11) is 0. The number of hydrogen-bond acceptors (Lipinski definition) is 2. The molecule has 0 saturated carbocycles. The van der Waals surface area contributed by atoms with Crippen molar-refractivity contribution in [1.82, 2.24) is 0 Å². The fraction of sp³-hybridized carbons (Fsp3) is 0.800. The second-order valence-corrected chi connectivity index (χ2v) is 4.31. The van der Waals surface area contributed by atoms with Crippen LogP contribution in [0.2, 0.25) is 0 Å². The van der Waals surface area contributed by atoms with E-state index in [4.69, 9.17) is 0 Å². The van der Waals surface area contributed by atoms with E-state index in [-0.39, 0.29) is 0 Å². The number of allylic oxidation sites excluding steroid dienone is 1. The van der Waals surface area contributed by atoms with Gasteiger partial charge in [0.1, 0.15) is 0 Å². The summed E-state index contributed by atoms with van der Waals surface area (Å²) in [4.78, 5) is 0. The zero-order valence-electron chi connectivity index (χ0n) is 8.04. The summed E-state index contributed by atoms with van der Waals surface area (Å²) < 4.78 is 0. The first-order chi connectivity index (χ1) is 5.41. The minimum absolute atomic E-state index is 0.450. The monoisotopic (exact) mass is 170 g/mol. The van der Waals surface area contributed by atoms with Crippen molar-refractivity contribution < 1.29 is 10.2 Å². The van der Waals surface area contributed by atoms with E-state index in [2.05, 4.69) is 6.92 Å². The van der Waals surface area contributed by atoms with Gasteiger partial charge in [-0.15, -0.1) is 0 Å². The zero-order valence-corrected chi connectivity index (χ0v) is 8.04. The normalized spacial score (nSPS) is 31.6. The van der Waals surface area contributed by atoms with Crippen LogP contribution in [0.5, 0.6) is 0 Å². The van der Waals surface area contributed by atoms with E-state index in [1.165, 1.54) is 0 Å². The van der Waals surface area contributed by atoms with Crippen molar-refractivity contribution >= 4 is 0 Å². The van der Waals surface area contributed by atoms with Crippen molar-refractivity contribution in [3.05, 3.63) is 11.6 Å². The van der Waals surface area contributed by atoms with Gasteiger partial charge in [0.25, 0.3) is 0 Å². The van der Waals surface area contributed by atoms with Crippen molar-refractivity contribution in [2.75, 3.05) is 0 Å². The zero-order chi connectivity index (χ0) is 9.35. The van der Waals surface area contributed by atoms with E-state index < -0.39 is 11.7 Å². The van der Waals surface area contributed by atoms with E-state index in [0.717, 1.165) is 18.4 Å². The van der Waals surface area contributed by atoms with Gasteiger partial charge >= 0.3 is 0 Å². The first kappa shape index (κ1) is 9.75. The highest BCUT2D eigenvalue weighted by Gasteiger charge is 2.29. The van der Waals surface area contributed by atoms with E-state index in [9.17, 15) is 10.2 Å². The van der Waals surface area contributed by atoms with Gasteiger partial charge in [-0.25, -0.2) is 0 Å². The Morgan fingerprint density at radius 2 is 2.08 bits per heavy atom. The lowest BCUT2D eigenvalue weighted by Crippen LogP contribution is -2.33. The minimum atomic E-state index is -0.862. The molecule has 2 atom stereocenters. The van der Waals surface area contributed by atoms with E-state index in [1.807, 2.05) is 6.08 Å². The third-order valence-corrected chi connectivity index (χ3v) is 2.43. The Morgan fingerprint density at radius 3 is 2.50 bits per heavy atom. The molecule has 1 aliphatic rings. The van der Waals surface area contributed by atoms with Crippen LogP contribution in [-0.4, -0.2) is 21.9 Å². The maximum atomic E-state index is 9.67. The SMILES string of the molecule is CC1CC=C(C(C)(C)O)C(O)C1. The summed E-state index contributed by atoms with van der Waals surface area (Å²) in [6, 6.07) is 0. The molecule has 0 amide bonds. The molecule has 0 radical (unpaired) electrons. The van der Waals surface area contributed by atoms with Crippen LogP contribution in [0.1, 0.15) is 33.6 Å². The fourth-order valence-corrected chi connectivity index (χ4v) is 1.73. The highest BCUT2D eigenvalue weighted by atomic mass is 16.3. The highest BCUT2D eigenvalue weighted by Crippen LogP contribution is 2.30. The van der Waals surface area contributed by atoms with Gasteiger partial charge in [-0.3, -0.25) is 0 Å². The molecule has 0 saturated heterocycles. The molecule has 70 valence electrons. The molecule has 0 bridgehead atoms. The Hall–Kier alpha value is -0.340. The molecule has 0 aromatic rings. The van der Waals surface area contributed by atoms with Crippen molar-refractivity contribution in [2.45, 2.75) is 45.3 Å². The Balaban J connectivity index is 2.78. The lowest BCUT2D eigenvalue weighted by molar-refractivity contribution is 0.0671. The first-order valence-corrected chi connectivity index (χ1v) is 4.52. The standard InChI is InChI=1S/C10H18O2/c1-7-4-5-8(9(11)6-7)10(2,3)12/h5,7,9,11-12H,4,6H2,1-3H3. The van der Waals surface area contributed by atoms with Crippen molar-refractivity contribution in [1.29, 1.82) is 0 Å². The van der Waals surface area contributed by atoms with Crippen molar-refractivity contribution in [3.8, 4) is 0 Å². The van der Waals surface area contributed by atoms with Crippen LogP contribution in [0.3, 0.4) is 0 Å². The van der Waals surface area contributed by atoms with Crippen molar-refractivity contribution in [3.63, 3.8) is 0 Å². The molecule has 1 aliphatic carbocycles. The molecule has 12 heavy (non-hydrogen) atoms. The summed E-state index contributed by atoms with van der Waals surface area (Å²) in [6.45, 7) is 5.55. The highest BCUT2D eigenvalue weighted by molar-refractivity contribution is 5.21. The van der Waals surface area contributed by atoms with Gasteiger partial charge in [0.05, 0.1) is 11.7 Å². The molecule has 1 rings (SSSR count). The summed E-state index contributed by atoms with van der Waals surface area (Å²) in [5, 5.41) is 19.3. The number of rotatable bonds is 1. The second kappa shape index (κ2) is 3.19. The maximum absolute atomic E-state index is 9.67. The fourth-order valence-electron chi connectivity index (χ4n) is 1.73. The van der Waals surface area contributed by atoms with Gasteiger partial charge in [-0.2, -0.15) is 0 Å². The van der Waals surface area contributed by atoms with E-state index >= 15 is 0 Å².